The molecule has 1 saturated carbocycles. The second-order valence-electron chi connectivity index (χ2n) is 6.55. The van der Waals surface area contributed by atoms with Gasteiger partial charge in [-0.15, -0.1) is 0 Å². The van der Waals surface area contributed by atoms with Crippen LogP contribution in [-0.2, 0) is 6.54 Å². The van der Waals surface area contributed by atoms with Gasteiger partial charge in [0.2, 0.25) is 0 Å². The van der Waals surface area contributed by atoms with Crippen LogP contribution in [0.25, 0.3) is 0 Å². The second-order valence-corrected chi connectivity index (χ2v) is 6.55. The Morgan fingerprint density at radius 2 is 2.08 bits per heavy atom. The Hall–Kier alpha value is -2.50. The van der Waals surface area contributed by atoms with Gasteiger partial charge in [-0.1, -0.05) is 31.0 Å². The number of urea groups is 1. The number of amides is 2. The van der Waals surface area contributed by atoms with Crippen LogP contribution in [0.5, 0.6) is 0 Å². The molecule has 0 bridgehead atoms. The molecule has 1 unspecified atom stereocenters. The lowest BCUT2D eigenvalue weighted by Gasteiger charge is -2.28. The van der Waals surface area contributed by atoms with E-state index in [1.54, 1.807) is 42.7 Å². The molecule has 6 heteroatoms. The smallest absolute Gasteiger partial charge is 0.317 e. The molecule has 1 atom stereocenters. The van der Waals surface area contributed by atoms with Crippen molar-refractivity contribution in [3.8, 4) is 0 Å². The summed E-state index contributed by atoms with van der Waals surface area (Å²) in [6.45, 7) is 0.355. The summed E-state index contributed by atoms with van der Waals surface area (Å²) >= 11 is 0. The van der Waals surface area contributed by atoms with E-state index in [-0.39, 0.29) is 23.8 Å². The highest BCUT2D eigenvalue weighted by Crippen LogP contribution is 2.36. The summed E-state index contributed by atoms with van der Waals surface area (Å²) in [5.41, 5.74) is 1.28. The summed E-state index contributed by atoms with van der Waals surface area (Å²) in [4.78, 5) is 22.4. The zero-order chi connectivity index (χ0) is 17.6. The summed E-state index contributed by atoms with van der Waals surface area (Å²) < 4.78 is 14.3. The van der Waals surface area contributed by atoms with Gasteiger partial charge in [-0.05, 0) is 24.8 Å². The van der Waals surface area contributed by atoms with E-state index >= 15 is 0 Å². The highest BCUT2D eigenvalue weighted by molar-refractivity contribution is 5.74. The Kier molecular flexibility index (Phi) is 5.58. The molecule has 1 fully saturated rings. The number of nitrogens with zero attached hydrogens (tertiary/aromatic N) is 3. The first-order valence-corrected chi connectivity index (χ1v) is 8.66. The first-order valence-electron chi connectivity index (χ1n) is 8.66. The molecule has 0 aliphatic heterocycles. The number of carbonyl (C=O) groups is 1. The van der Waals surface area contributed by atoms with Gasteiger partial charge >= 0.3 is 6.03 Å². The first kappa shape index (κ1) is 17.3. The number of carbonyl (C=O) groups excluding carboxylic acids is 1. The molecule has 3 rings (SSSR count). The molecular weight excluding hydrogens is 319 g/mol. The monoisotopic (exact) mass is 342 g/mol. The van der Waals surface area contributed by atoms with Crippen molar-refractivity contribution in [2.24, 2.45) is 5.92 Å². The predicted octanol–water partition coefficient (Wildman–Crippen LogP) is 3.69. The van der Waals surface area contributed by atoms with E-state index in [2.05, 4.69) is 15.3 Å². The Bertz CT molecular complexity index is 704. The van der Waals surface area contributed by atoms with Crippen LogP contribution in [0.4, 0.5) is 9.18 Å². The second kappa shape index (κ2) is 8.05. The fourth-order valence-corrected chi connectivity index (χ4v) is 3.44. The van der Waals surface area contributed by atoms with Crippen LogP contribution in [0, 0.1) is 11.7 Å². The van der Waals surface area contributed by atoms with E-state index < -0.39 is 0 Å². The molecular formula is C19H23FN4O. The standard InChI is InChI=1S/C19H23FN4O/c1-24(13-15-12-21-10-11-22-15)19(25)23-18(14-6-2-3-7-14)16-8-4-5-9-17(16)20/h4-5,8-12,14,18H,2-3,6-7,13H2,1H3,(H,23,25). The van der Waals surface area contributed by atoms with Gasteiger partial charge in [0.25, 0.3) is 0 Å². The maximum atomic E-state index is 14.3. The van der Waals surface area contributed by atoms with Crippen molar-refractivity contribution in [2.75, 3.05) is 7.05 Å². The minimum absolute atomic E-state index is 0.231. The Morgan fingerprint density at radius 3 is 2.76 bits per heavy atom. The van der Waals surface area contributed by atoms with Gasteiger partial charge < -0.3 is 10.2 Å². The Balaban J connectivity index is 1.73. The van der Waals surface area contributed by atoms with E-state index in [1.807, 2.05) is 6.07 Å². The number of hydrogen-bond acceptors (Lipinski definition) is 3. The van der Waals surface area contributed by atoms with Crippen molar-refractivity contribution in [2.45, 2.75) is 38.3 Å². The third kappa shape index (κ3) is 4.32. The van der Waals surface area contributed by atoms with Crippen LogP contribution < -0.4 is 5.32 Å². The molecule has 1 N–H and O–H groups in total. The highest BCUT2D eigenvalue weighted by atomic mass is 19.1. The number of nitrogens with one attached hydrogen (secondary N) is 1. The summed E-state index contributed by atoms with van der Waals surface area (Å²) in [5, 5.41) is 3.03. The summed E-state index contributed by atoms with van der Waals surface area (Å²) in [7, 11) is 1.71. The lowest BCUT2D eigenvalue weighted by Crippen LogP contribution is -2.41. The van der Waals surface area contributed by atoms with E-state index in [4.69, 9.17) is 0 Å². The SMILES string of the molecule is CN(Cc1cnccn1)C(=O)NC(c1ccccc1F)C1CCCC1. The van der Waals surface area contributed by atoms with Crippen molar-refractivity contribution in [3.63, 3.8) is 0 Å². The van der Waals surface area contributed by atoms with Crippen molar-refractivity contribution in [1.82, 2.24) is 20.2 Å². The molecule has 1 aliphatic rings. The van der Waals surface area contributed by atoms with Gasteiger partial charge in [0, 0.05) is 25.0 Å². The van der Waals surface area contributed by atoms with Crippen molar-refractivity contribution in [1.29, 1.82) is 0 Å². The molecule has 1 heterocycles. The maximum absolute atomic E-state index is 14.3. The fourth-order valence-electron chi connectivity index (χ4n) is 3.44. The lowest BCUT2D eigenvalue weighted by molar-refractivity contribution is 0.196. The third-order valence-corrected chi connectivity index (χ3v) is 4.75. The molecule has 25 heavy (non-hydrogen) atoms. The van der Waals surface area contributed by atoms with Gasteiger partial charge in [-0.2, -0.15) is 0 Å². The van der Waals surface area contributed by atoms with Gasteiger partial charge in [0.05, 0.1) is 24.5 Å². The van der Waals surface area contributed by atoms with Crippen LogP contribution in [0.15, 0.2) is 42.9 Å². The zero-order valence-corrected chi connectivity index (χ0v) is 14.4. The van der Waals surface area contributed by atoms with Crippen molar-refractivity contribution >= 4 is 6.03 Å². The van der Waals surface area contributed by atoms with Crippen LogP contribution in [0.3, 0.4) is 0 Å². The van der Waals surface area contributed by atoms with E-state index in [0.29, 0.717) is 17.8 Å². The number of hydrogen-bond donors (Lipinski definition) is 1. The Labute approximate surface area is 147 Å². The quantitative estimate of drug-likeness (QED) is 0.901. The molecule has 5 nitrogen and oxygen atoms in total. The molecule has 2 aromatic rings. The molecule has 132 valence electrons. The zero-order valence-electron chi connectivity index (χ0n) is 14.4. The number of aromatic nitrogens is 2. The first-order chi connectivity index (χ1) is 12.1. The van der Waals surface area contributed by atoms with Crippen LogP contribution >= 0.6 is 0 Å². The number of benzene rings is 1. The summed E-state index contributed by atoms with van der Waals surface area (Å²) in [5.74, 6) is 0.00189. The normalized spacial score (nSPS) is 15.8. The van der Waals surface area contributed by atoms with Crippen LogP contribution in [-0.4, -0.2) is 27.9 Å². The molecule has 1 aliphatic carbocycles. The summed E-state index contributed by atoms with van der Waals surface area (Å²) in [6, 6.07) is 6.17. The van der Waals surface area contributed by atoms with Gasteiger partial charge in [-0.3, -0.25) is 9.97 Å². The topological polar surface area (TPSA) is 58.1 Å². The van der Waals surface area contributed by atoms with Crippen molar-refractivity contribution < 1.29 is 9.18 Å². The molecule has 0 spiro atoms. The van der Waals surface area contributed by atoms with Gasteiger partial charge in [0.15, 0.2) is 0 Å². The third-order valence-electron chi connectivity index (χ3n) is 4.75. The Morgan fingerprint density at radius 1 is 1.32 bits per heavy atom. The fraction of sp³-hybridized carbons (Fsp3) is 0.421. The minimum Gasteiger partial charge on any atom is -0.331 e. The molecule has 1 aromatic carbocycles. The maximum Gasteiger partial charge on any atom is 0.317 e. The molecule has 0 saturated heterocycles. The molecule has 0 radical (unpaired) electrons. The van der Waals surface area contributed by atoms with E-state index in [1.165, 1.54) is 6.07 Å². The highest BCUT2D eigenvalue weighted by Gasteiger charge is 2.30. The predicted molar refractivity (Wildman–Crippen MR) is 93.1 cm³/mol. The average Bonchev–Trinajstić information content (AvgIpc) is 3.15. The minimum atomic E-state index is -0.305. The van der Waals surface area contributed by atoms with E-state index in [9.17, 15) is 9.18 Å². The average molecular weight is 342 g/mol. The molecule has 1 aromatic heterocycles. The van der Waals surface area contributed by atoms with Crippen LogP contribution in [0.1, 0.15) is 43.0 Å². The van der Waals surface area contributed by atoms with Crippen LogP contribution in [0.2, 0.25) is 0 Å². The molecule has 2 amide bonds. The number of halogens is 1. The van der Waals surface area contributed by atoms with E-state index in [0.717, 1.165) is 25.7 Å². The van der Waals surface area contributed by atoms with Gasteiger partial charge in [0.1, 0.15) is 5.82 Å². The summed E-state index contributed by atoms with van der Waals surface area (Å²) in [6.07, 6.45) is 9.09. The van der Waals surface area contributed by atoms with Crippen molar-refractivity contribution in [3.05, 3.63) is 59.9 Å². The number of rotatable bonds is 5. The largest absolute Gasteiger partial charge is 0.331 e. The lowest BCUT2D eigenvalue weighted by atomic mass is 9.91. The van der Waals surface area contributed by atoms with Gasteiger partial charge in [-0.25, -0.2) is 9.18 Å².